The molecule has 9 heteroatoms. The largest absolute Gasteiger partial charge is 0.491 e. The molecule has 12 bridgehead atoms. The molecule has 1 aliphatic carbocycles. The van der Waals surface area contributed by atoms with Crippen molar-refractivity contribution in [3.63, 3.8) is 0 Å². The number of benzene rings is 5. The molecule has 5 aromatic carbocycles. The number of amides is 2. The van der Waals surface area contributed by atoms with E-state index in [-0.39, 0.29) is 6.03 Å². The van der Waals surface area contributed by atoms with Crippen molar-refractivity contribution in [3.8, 4) is 23.0 Å². The molecule has 0 radical (unpaired) electrons. The fourth-order valence-corrected chi connectivity index (χ4v) is 7.23. The summed E-state index contributed by atoms with van der Waals surface area (Å²) in [6.07, 6.45) is 2.25. The molecule has 0 spiro atoms. The molecule has 266 valence electrons. The van der Waals surface area contributed by atoms with Crippen molar-refractivity contribution in [2.45, 2.75) is 25.7 Å². The van der Waals surface area contributed by atoms with Gasteiger partial charge in [0.15, 0.2) is 0 Å². The van der Waals surface area contributed by atoms with Crippen LogP contribution in [0.1, 0.15) is 44.5 Å². The lowest BCUT2D eigenvalue weighted by atomic mass is 9.91. The Morgan fingerprint density at radius 3 is 1.13 bits per heavy atom. The van der Waals surface area contributed by atoms with E-state index >= 15 is 0 Å². The first-order valence-electron chi connectivity index (χ1n) is 18.0. The van der Waals surface area contributed by atoms with Gasteiger partial charge in [0.25, 0.3) is 0 Å². The van der Waals surface area contributed by atoms with Crippen molar-refractivity contribution in [3.05, 3.63) is 142 Å². The van der Waals surface area contributed by atoms with Crippen LogP contribution < -0.4 is 29.6 Å². The highest BCUT2D eigenvalue weighted by Gasteiger charge is 2.23. The SMILES string of the molecule is O=C(Nc1ccccc1)Nc1cc2c3c(c1)Cc1cccc(c1OCCOCCO3)Cc1cccc3c1OCCOCCOc1c(cccc1C2)C3. The predicted octanol–water partition coefficient (Wildman–Crippen LogP) is 7.58. The molecular formula is C43H42N2O7. The van der Waals surface area contributed by atoms with E-state index in [1.165, 1.54) is 0 Å². The van der Waals surface area contributed by atoms with Gasteiger partial charge < -0.3 is 39.1 Å². The Kier molecular flexibility index (Phi) is 10.2. The van der Waals surface area contributed by atoms with Crippen molar-refractivity contribution >= 4 is 17.4 Å². The Morgan fingerprint density at radius 1 is 0.385 bits per heavy atom. The summed E-state index contributed by atoms with van der Waals surface area (Å²) in [4.78, 5) is 13.3. The first-order chi connectivity index (χ1) is 25.7. The second-order valence-electron chi connectivity index (χ2n) is 13.1. The first kappa shape index (κ1) is 33.6. The summed E-state index contributed by atoms with van der Waals surface area (Å²) >= 11 is 0. The molecule has 2 N–H and O–H groups in total. The molecule has 2 heterocycles. The van der Waals surface area contributed by atoms with Crippen LogP contribution in [-0.2, 0) is 35.2 Å². The Morgan fingerprint density at radius 2 is 0.731 bits per heavy atom. The summed E-state index contributed by atoms with van der Waals surface area (Å²) in [5.74, 6) is 3.27. The molecule has 2 amide bonds. The highest BCUT2D eigenvalue weighted by molar-refractivity contribution is 6.00. The van der Waals surface area contributed by atoms with Crippen LogP contribution in [-0.4, -0.2) is 58.9 Å². The van der Waals surface area contributed by atoms with Crippen LogP contribution in [0.3, 0.4) is 0 Å². The molecule has 0 saturated carbocycles. The molecule has 52 heavy (non-hydrogen) atoms. The molecule has 0 atom stereocenters. The van der Waals surface area contributed by atoms with Crippen molar-refractivity contribution in [1.29, 1.82) is 0 Å². The van der Waals surface area contributed by atoms with Crippen LogP contribution in [0.5, 0.6) is 23.0 Å². The van der Waals surface area contributed by atoms with Crippen LogP contribution in [0.2, 0.25) is 0 Å². The zero-order chi connectivity index (χ0) is 35.1. The Hall–Kier alpha value is -5.51. The van der Waals surface area contributed by atoms with Gasteiger partial charge in [0.05, 0.1) is 26.4 Å². The molecule has 8 rings (SSSR count). The summed E-state index contributed by atoms with van der Waals surface area (Å²) in [5.41, 5.74) is 9.47. The zero-order valence-electron chi connectivity index (χ0n) is 29.1. The third kappa shape index (κ3) is 7.71. The summed E-state index contributed by atoms with van der Waals surface area (Å²) < 4.78 is 38.2. The van der Waals surface area contributed by atoms with E-state index in [1.807, 2.05) is 42.5 Å². The second kappa shape index (κ2) is 15.8. The number of urea groups is 1. The number of rotatable bonds is 2. The van der Waals surface area contributed by atoms with E-state index in [0.29, 0.717) is 89.9 Å². The smallest absolute Gasteiger partial charge is 0.323 e. The van der Waals surface area contributed by atoms with Gasteiger partial charge in [-0.15, -0.1) is 0 Å². The molecule has 0 saturated heterocycles. The lowest BCUT2D eigenvalue weighted by Crippen LogP contribution is -2.20. The van der Waals surface area contributed by atoms with E-state index in [0.717, 1.165) is 67.5 Å². The number of ether oxygens (including phenoxy) is 6. The van der Waals surface area contributed by atoms with Gasteiger partial charge in [-0.1, -0.05) is 72.8 Å². The van der Waals surface area contributed by atoms with Gasteiger partial charge in [-0.3, -0.25) is 0 Å². The fourth-order valence-electron chi connectivity index (χ4n) is 7.23. The van der Waals surface area contributed by atoms with E-state index in [9.17, 15) is 4.79 Å². The predicted molar refractivity (Wildman–Crippen MR) is 200 cm³/mol. The van der Waals surface area contributed by atoms with Crippen LogP contribution in [0.4, 0.5) is 16.2 Å². The van der Waals surface area contributed by atoms with E-state index < -0.39 is 0 Å². The number of carbonyl (C=O) groups is 1. The molecule has 0 unspecified atom stereocenters. The normalized spacial score (nSPS) is 15.7. The van der Waals surface area contributed by atoms with Gasteiger partial charge >= 0.3 is 6.03 Å². The molecular weight excluding hydrogens is 656 g/mol. The zero-order valence-corrected chi connectivity index (χ0v) is 29.1. The summed E-state index contributed by atoms with van der Waals surface area (Å²) in [6, 6.07) is 32.1. The maximum atomic E-state index is 13.3. The quantitative estimate of drug-likeness (QED) is 0.193. The fraction of sp³-hybridized carbons (Fsp3) is 0.279. The molecule has 5 aromatic rings. The minimum absolute atomic E-state index is 0.334. The van der Waals surface area contributed by atoms with Gasteiger partial charge in [0.1, 0.15) is 49.4 Å². The summed E-state index contributed by atoms with van der Waals surface area (Å²) in [7, 11) is 0. The van der Waals surface area contributed by atoms with E-state index in [2.05, 4.69) is 65.2 Å². The van der Waals surface area contributed by atoms with Crippen LogP contribution >= 0.6 is 0 Å². The van der Waals surface area contributed by atoms with Crippen LogP contribution in [0, 0.1) is 0 Å². The molecule has 0 fully saturated rings. The third-order valence-corrected chi connectivity index (χ3v) is 9.49. The molecule has 2 aliphatic heterocycles. The number of nitrogens with one attached hydrogen (secondary N) is 2. The van der Waals surface area contributed by atoms with Crippen molar-refractivity contribution in [2.24, 2.45) is 0 Å². The minimum atomic E-state index is -0.334. The summed E-state index contributed by atoms with van der Waals surface area (Å²) in [6.45, 7) is 3.36. The Balaban J connectivity index is 1.32. The number of carbonyl (C=O) groups excluding carboxylic acids is 1. The minimum Gasteiger partial charge on any atom is -0.491 e. The average molecular weight is 699 g/mol. The Labute approximate surface area is 303 Å². The van der Waals surface area contributed by atoms with Gasteiger partial charge in [-0.2, -0.15) is 0 Å². The second-order valence-corrected chi connectivity index (χ2v) is 13.1. The highest BCUT2D eigenvalue weighted by atomic mass is 16.6. The maximum absolute atomic E-state index is 13.3. The van der Waals surface area contributed by atoms with Crippen molar-refractivity contribution < 1.29 is 33.2 Å². The lowest BCUT2D eigenvalue weighted by molar-refractivity contribution is 0.0744. The highest BCUT2D eigenvalue weighted by Crippen LogP contribution is 2.40. The van der Waals surface area contributed by atoms with Gasteiger partial charge in [0.2, 0.25) is 0 Å². The van der Waals surface area contributed by atoms with Crippen molar-refractivity contribution in [2.75, 3.05) is 63.5 Å². The number of hydrogen-bond donors (Lipinski definition) is 2. The summed E-state index contributed by atoms with van der Waals surface area (Å²) in [5, 5.41) is 6.05. The molecule has 9 nitrogen and oxygen atoms in total. The standard InChI is InChI=1S/C43H42N2O7/c46-43(44-37-13-2-1-3-14-37)45-38-27-35-25-33-11-5-9-31-23-29-7-4-8-30(39(29)49-19-15-47-16-20-50-40(31)33)24-32-10-6-12-34-26-36(28-38)42(35)52-22-18-48-17-21-51-41(32)34/h1-14,27-28H,15-26H2,(H2,44,45,46). The number of anilines is 2. The Bertz CT molecular complexity index is 2040. The van der Waals surface area contributed by atoms with Gasteiger partial charge in [-0.25, -0.2) is 4.79 Å². The van der Waals surface area contributed by atoms with E-state index in [4.69, 9.17) is 28.4 Å². The topological polar surface area (TPSA) is 96.5 Å². The molecule has 0 aromatic heterocycles. The van der Waals surface area contributed by atoms with E-state index in [1.54, 1.807) is 0 Å². The molecule has 3 aliphatic rings. The van der Waals surface area contributed by atoms with Crippen LogP contribution in [0.25, 0.3) is 0 Å². The van der Waals surface area contributed by atoms with Gasteiger partial charge in [0, 0.05) is 48.2 Å². The van der Waals surface area contributed by atoms with Crippen LogP contribution in [0.15, 0.2) is 97.1 Å². The first-order valence-corrected chi connectivity index (χ1v) is 18.0. The maximum Gasteiger partial charge on any atom is 0.323 e. The third-order valence-electron chi connectivity index (χ3n) is 9.49. The number of hydrogen-bond acceptors (Lipinski definition) is 7. The van der Waals surface area contributed by atoms with Gasteiger partial charge in [-0.05, 0) is 57.6 Å². The average Bonchev–Trinajstić information content (AvgIpc) is 3.13. The lowest BCUT2D eigenvalue weighted by Gasteiger charge is -2.24. The number of para-hydroxylation sites is 4. The monoisotopic (exact) mass is 698 g/mol. The van der Waals surface area contributed by atoms with Crippen molar-refractivity contribution in [1.82, 2.24) is 0 Å².